The van der Waals surface area contributed by atoms with Gasteiger partial charge in [0.2, 0.25) is 0 Å². The lowest BCUT2D eigenvalue weighted by Crippen LogP contribution is -2.12. The van der Waals surface area contributed by atoms with Crippen LogP contribution >= 0.6 is 0 Å². The first-order valence-electron chi connectivity index (χ1n) is 5.94. The smallest absolute Gasteiger partial charge is 0.124 e. The molecule has 0 saturated heterocycles. The summed E-state index contributed by atoms with van der Waals surface area (Å²) in [5.41, 5.74) is 1.00. The molecule has 0 unspecified atom stereocenters. The summed E-state index contributed by atoms with van der Waals surface area (Å²) in [6.45, 7) is 4.03. The van der Waals surface area contributed by atoms with E-state index in [1.807, 2.05) is 13.0 Å². The van der Waals surface area contributed by atoms with E-state index in [9.17, 15) is 4.39 Å². The number of ether oxygens (including phenoxy) is 1. The third-order valence-corrected chi connectivity index (χ3v) is 2.58. The highest BCUT2D eigenvalue weighted by molar-refractivity contribution is 5.23. The number of nitrogens with one attached hydrogen (secondary N) is 1. The van der Waals surface area contributed by atoms with Crippen molar-refractivity contribution < 1.29 is 13.5 Å². The summed E-state index contributed by atoms with van der Waals surface area (Å²) in [7, 11) is 0. The molecule has 1 aromatic carbocycles. The van der Waals surface area contributed by atoms with Crippen molar-refractivity contribution in [1.29, 1.82) is 0 Å². The molecule has 0 aliphatic rings. The summed E-state index contributed by atoms with van der Waals surface area (Å²) < 4.78 is 23.7. The molecular weight excluding hydrogens is 233 g/mol. The van der Waals surface area contributed by atoms with Gasteiger partial charge < -0.3 is 14.5 Å². The van der Waals surface area contributed by atoms with Crippen LogP contribution in [0.5, 0.6) is 5.75 Å². The van der Waals surface area contributed by atoms with Gasteiger partial charge in [0.15, 0.2) is 0 Å². The second-order valence-corrected chi connectivity index (χ2v) is 3.89. The Balaban J connectivity index is 1.93. The summed E-state index contributed by atoms with van der Waals surface area (Å²) in [4.78, 5) is 0. The van der Waals surface area contributed by atoms with Gasteiger partial charge in [-0.2, -0.15) is 0 Å². The van der Waals surface area contributed by atoms with Crippen LogP contribution in [0.3, 0.4) is 0 Å². The van der Waals surface area contributed by atoms with Gasteiger partial charge in [0.05, 0.1) is 12.8 Å². The van der Waals surface area contributed by atoms with Crippen LogP contribution in [-0.4, -0.2) is 6.54 Å². The van der Waals surface area contributed by atoms with E-state index in [1.54, 1.807) is 18.4 Å². The Kier molecular flexibility index (Phi) is 4.36. The molecule has 2 rings (SSSR count). The minimum absolute atomic E-state index is 0.265. The van der Waals surface area contributed by atoms with Crippen molar-refractivity contribution in [3.05, 3.63) is 53.7 Å². The molecule has 0 atom stereocenters. The molecule has 0 aliphatic carbocycles. The highest BCUT2D eigenvalue weighted by Gasteiger charge is 2.06. The topological polar surface area (TPSA) is 34.4 Å². The summed E-state index contributed by atoms with van der Waals surface area (Å²) in [5.74, 6) is 1.25. The van der Waals surface area contributed by atoms with Gasteiger partial charge >= 0.3 is 0 Å². The molecule has 0 fully saturated rings. The summed E-state index contributed by atoms with van der Waals surface area (Å²) in [6, 6.07) is 7.86. The highest BCUT2D eigenvalue weighted by Crippen LogP contribution is 2.16. The fourth-order valence-electron chi connectivity index (χ4n) is 1.58. The second kappa shape index (κ2) is 6.21. The molecular formula is C14H16FNO2. The molecule has 4 heteroatoms. The Labute approximate surface area is 106 Å². The van der Waals surface area contributed by atoms with Crippen molar-refractivity contribution in [2.45, 2.75) is 20.1 Å². The standard InChI is InChI=1S/C14H16FNO2/c1-2-16-9-14-11(7-8-17-14)10-18-13-5-3-12(15)4-6-13/h3-8,16H,2,9-10H2,1H3. The van der Waals surface area contributed by atoms with E-state index < -0.39 is 0 Å². The molecule has 0 saturated carbocycles. The van der Waals surface area contributed by atoms with Crippen LogP contribution in [-0.2, 0) is 13.2 Å². The average Bonchev–Trinajstić information content (AvgIpc) is 2.83. The SMILES string of the molecule is CCNCc1occc1COc1ccc(F)cc1. The van der Waals surface area contributed by atoms with Gasteiger partial charge in [0.1, 0.15) is 23.9 Å². The second-order valence-electron chi connectivity index (χ2n) is 3.89. The predicted molar refractivity (Wildman–Crippen MR) is 66.8 cm³/mol. The van der Waals surface area contributed by atoms with Gasteiger partial charge in [0.25, 0.3) is 0 Å². The fourth-order valence-corrected chi connectivity index (χ4v) is 1.58. The van der Waals surface area contributed by atoms with Crippen LogP contribution in [0.2, 0.25) is 0 Å². The van der Waals surface area contributed by atoms with E-state index in [2.05, 4.69) is 5.32 Å². The Hall–Kier alpha value is -1.81. The number of rotatable bonds is 6. The van der Waals surface area contributed by atoms with Crippen molar-refractivity contribution in [2.24, 2.45) is 0 Å². The van der Waals surface area contributed by atoms with Crippen LogP contribution in [0.4, 0.5) is 4.39 Å². The number of benzene rings is 1. The van der Waals surface area contributed by atoms with Gasteiger partial charge in [0, 0.05) is 5.56 Å². The zero-order valence-electron chi connectivity index (χ0n) is 10.3. The lowest BCUT2D eigenvalue weighted by Gasteiger charge is -2.06. The third kappa shape index (κ3) is 3.34. The number of hydrogen-bond acceptors (Lipinski definition) is 3. The molecule has 96 valence electrons. The van der Waals surface area contributed by atoms with Crippen LogP contribution in [0, 0.1) is 5.82 Å². The molecule has 0 bridgehead atoms. The molecule has 3 nitrogen and oxygen atoms in total. The lowest BCUT2D eigenvalue weighted by atomic mass is 10.2. The third-order valence-electron chi connectivity index (χ3n) is 2.58. The Morgan fingerprint density at radius 1 is 1.22 bits per heavy atom. The molecule has 0 amide bonds. The van der Waals surface area contributed by atoms with Gasteiger partial charge in [-0.1, -0.05) is 6.92 Å². The minimum atomic E-state index is -0.265. The molecule has 0 aliphatic heterocycles. The summed E-state index contributed by atoms with van der Waals surface area (Å²) >= 11 is 0. The lowest BCUT2D eigenvalue weighted by molar-refractivity contribution is 0.301. The largest absolute Gasteiger partial charge is 0.489 e. The fraction of sp³-hybridized carbons (Fsp3) is 0.286. The molecule has 1 heterocycles. The van der Waals surface area contributed by atoms with Gasteiger partial charge in [-0.3, -0.25) is 0 Å². The normalized spacial score (nSPS) is 10.6. The summed E-state index contributed by atoms with van der Waals surface area (Å²) in [6.07, 6.45) is 1.65. The van der Waals surface area contributed by atoms with Crippen LogP contribution in [0.15, 0.2) is 41.0 Å². The molecule has 18 heavy (non-hydrogen) atoms. The zero-order chi connectivity index (χ0) is 12.8. The molecule has 1 aromatic heterocycles. The van der Waals surface area contributed by atoms with Crippen molar-refractivity contribution in [3.63, 3.8) is 0 Å². The maximum Gasteiger partial charge on any atom is 0.124 e. The number of halogens is 1. The Morgan fingerprint density at radius 3 is 2.72 bits per heavy atom. The first-order valence-corrected chi connectivity index (χ1v) is 5.94. The monoisotopic (exact) mass is 249 g/mol. The molecule has 2 aromatic rings. The first kappa shape index (κ1) is 12.6. The number of hydrogen-bond donors (Lipinski definition) is 1. The van der Waals surface area contributed by atoms with Gasteiger partial charge in [-0.25, -0.2) is 4.39 Å². The first-order chi connectivity index (χ1) is 8.79. The van der Waals surface area contributed by atoms with E-state index in [1.165, 1.54) is 12.1 Å². The summed E-state index contributed by atoms with van der Waals surface area (Å²) in [5, 5.41) is 3.20. The van der Waals surface area contributed by atoms with Crippen molar-refractivity contribution in [3.8, 4) is 5.75 Å². The van der Waals surface area contributed by atoms with E-state index in [-0.39, 0.29) is 5.82 Å². The van der Waals surface area contributed by atoms with E-state index in [4.69, 9.17) is 9.15 Å². The van der Waals surface area contributed by atoms with Crippen LogP contribution in [0.25, 0.3) is 0 Å². The van der Waals surface area contributed by atoms with Crippen LogP contribution in [0.1, 0.15) is 18.2 Å². The average molecular weight is 249 g/mol. The van der Waals surface area contributed by atoms with E-state index >= 15 is 0 Å². The zero-order valence-corrected chi connectivity index (χ0v) is 10.3. The van der Waals surface area contributed by atoms with Crippen molar-refractivity contribution in [1.82, 2.24) is 5.32 Å². The minimum Gasteiger partial charge on any atom is -0.489 e. The number of furan rings is 1. The van der Waals surface area contributed by atoms with Crippen LogP contribution < -0.4 is 10.1 Å². The van der Waals surface area contributed by atoms with Crippen molar-refractivity contribution in [2.75, 3.05) is 6.54 Å². The van der Waals surface area contributed by atoms with E-state index in [0.717, 1.165) is 17.9 Å². The highest BCUT2D eigenvalue weighted by atomic mass is 19.1. The van der Waals surface area contributed by atoms with E-state index in [0.29, 0.717) is 18.9 Å². The maximum atomic E-state index is 12.7. The molecule has 1 N–H and O–H groups in total. The molecule has 0 spiro atoms. The Bertz CT molecular complexity index is 479. The molecule has 0 radical (unpaired) electrons. The van der Waals surface area contributed by atoms with Gasteiger partial charge in [-0.15, -0.1) is 0 Å². The Morgan fingerprint density at radius 2 is 2.00 bits per heavy atom. The van der Waals surface area contributed by atoms with Crippen molar-refractivity contribution >= 4 is 0 Å². The maximum absolute atomic E-state index is 12.7. The predicted octanol–water partition coefficient (Wildman–Crippen LogP) is 3.11. The van der Waals surface area contributed by atoms with Gasteiger partial charge in [-0.05, 0) is 36.9 Å². The quantitative estimate of drug-likeness (QED) is 0.854.